The highest BCUT2D eigenvalue weighted by Crippen LogP contribution is 2.25. The quantitative estimate of drug-likeness (QED) is 0.153. The molecule has 4 aromatic rings. The Bertz CT molecular complexity index is 1230. The molecule has 0 spiro atoms. The zero-order chi connectivity index (χ0) is 22.3. The second kappa shape index (κ2) is 10.5. The summed E-state index contributed by atoms with van der Waals surface area (Å²) in [6.45, 7) is 0.635. The third-order valence-electron chi connectivity index (χ3n) is 4.49. The van der Waals surface area contributed by atoms with Crippen molar-refractivity contribution < 1.29 is 9.21 Å². The van der Waals surface area contributed by atoms with E-state index in [1.54, 1.807) is 36.2 Å². The summed E-state index contributed by atoms with van der Waals surface area (Å²) >= 11 is 12.8. The molecule has 0 unspecified atom stereocenters. The standard InChI is InChI=1S/C23H19ClN4O2S2/c24-15-7-9-16(10-8-15)32-13-11-25-23(31)28-27-22(29)18-14-20(21-6-3-12-30-21)26-19-5-2-1-4-17(18)19/h1-10,12,14H,11,13H2,(H,27,29)(H2,25,28,31). The number of aromatic nitrogens is 1. The number of para-hydroxylation sites is 1. The van der Waals surface area contributed by atoms with E-state index < -0.39 is 0 Å². The molecule has 0 aliphatic heterocycles. The van der Waals surface area contributed by atoms with Crippen LogP contribution in [-0.2, 0) is 0 Å². The highest BCUT2D eigenvalue weighted by molar-refractivity contribution is 7.99. The molecule has 2 aromatic heterocycles. The second-order valence-corrected chi connectivity index (χ2v) is 8.70. The number of hydrogen-bond donors (Lipinski definition) is 3. The van der Waals surface area contributed by atoms with Crippen molar-refractivity contribution in [3.63, 3.8) is 0 Å². The van der Waals surface area contributed by atoms with Gasteiger partial charge in [-0.05, 0) is 60.7 Å². The van der Waals surface area contributed by atoms with Crippen molar-refractivity contribution in [3.8, 4) is 11.5 Å². The zero-order valence-electron chi connectivity index (χ0n) is 16.8. The monoisotopic (exact) mass is 482 g/mol. The van der Waals surface area contributed by atoms with Gasteiger partial charge in [-0.2, -0.15) is 0 Å². The number of thioether (sulfide) groups is 1. The van der Waals surface area contributed by atoms with Gasteiger partial charge in [-0.3, -0.25) is 15.6 Å². The lowest BCUT2D eigenvalue weighted by Gasteiger charge is -2.13. The lowest BCUT2D eigenvalue weighted by molar-refractivity contribution is 0.0945. The molecule has 162 valence electrons. The van der Waals surface area contributed by atoms with Gasteiger partial charge < -0.3 is 9.73 Å². The molecule has 2 aromatic carbocycles. The third kappa shape index (κ3) is 5.59. The fourth-order valence-corrected chi connectivity index (χ4v) is 4.05. The maximum atomic E-state index is 12.9. The van der Waals surface area contributed by atoms with Crippen molar-refractivity contribution in [2.75, 3.05) is 12.3 Å². The number of fused-ring (bicyclic) bond motifs is 1. The molecule has 9 heteroatoms. The number of hydrogen-bond acceptors (Lipinski definition) is 5. The Kier molecular flexibility index (Phi) is 7.26. The lowest BCUT2D eigenvalue weighted by Crippen LogP contribution is -2.47. The fourth-order valence-electron chi connectivity index (χ4n) is 3.00. The second-order valence-electron chi connectivity index (χ2n) is 6.69. The summed E-state index contributed by atoms with van der Waals surface area (Å²) in [7, 11) is 0. The van der Waals surface area contributed by atoms with Crippen LogP contribution < -0.4 is 16.2 Å². The summed E-state index contributed by atoms with van der Waals surface area (Å²) in [6, 6.07) is 20.4. The van der Waals surface area contributed by atoms with Crippen LogP contribution in [0.3, 0.4) is 0 Å². The van der Waals surface area contributed by atoms with E-state index in [9.17, 15) is 4.79 Å². The number of carbonyl (C=O) groups is 1. The van der Waals surface area contributed by atoms with E-state index in [0.29, 0.717) is 39.2 Å². The van der Waals surface area contributed by atoms with E-state index in [1.807, 2.05) is 48.5 Å². The van der Waals surface area contributed by atoms with E-state index in [-0.39, 0.29) is 5.91 Å². The number of carbonyl (C=O) groups excluding carboxylic acids is 1. The smallest absolute Gasteiger partial charge is 0.270 e. The molecule has 0 saturated heterocycles. The Hall–Kier alpha value is -3.07. The summed E-state index contributed by atoms with van der Waals surface area (Å²) in [5.74, 6) is 1.07. The topological polar surface area (TPSA) is 79.2 Å². The van der Waals surface area contributed by atoms with E-state index in [2.05, 4.69) is 21.2 Å². The molecule has 32 heavy (non-hydrogen) atoms. The lowest BCUT2D eigenvalue weighted by atomic mass is 10.1. The van der Waals surface area contributed by atoms with Crippen LogP contribution in [-0.4, -0.2) is 28.3 Å². The predicted molar refractivity (Wildman–Crippen MR) is 133 cm³/mol. The minimum Gasteiger partial charge on any atom is -0.463 e. The number of rotatable bonds is 6. The number of furan rings is 1. The molecule has 0 saturated carbocycles. The van der Waals surface area contributed by atoms with Gasteiger partial charge in [0.15, 0.2) is 10.9 Å². The van der Waals surface area contributed by atoms with Crippen molar-refractivity contribution >= 4 is 57.5 Å². The molecule has 0 atom stereocenters. The van der Waals surface area contributed by atoms with Gasteiger partial charge in [0.1, 0.15) is 5.69 Å². The molecule has 4 rings (SSSR count). The fraction of sp³-hybridized carbons (Fsp3) is 0.0870. The molecule has 6 nitrogen and oxygen atoms in total. The van der Waals surface area contributed by atoms with Crippen LogP contribution in [0.4, 0.5) is 0 Å². The molecule has 0 bridgehead atoms. The number of hydrazine groups is 1. The maximum absolute atomic E-state index is 12.9. The highest BCUT2D eigenvalue weighted by atomic mass is 35.5. The molecule has 0 aliphatic carbocycles. The summed E-state index contributed by atoms with van der Waals surface area (Å²) in [4.78, 5) is 18.6. The molecular weight excluding hydrogens is 464 g/mol. The van der Waals surface area contributed by atoms with Gasteiger partial charge >= 0.3 is 0 Å². The van der Waals surface area contributed by atoms with E-state index in [4.69, 9.17) is 28.2 Å². The van der Waals surface area contributed by atoms with Gasteiger partial charge in [-0.25, -0.2) is 4.98 Å². The van der Waals surface area contributed by atoms with Crippen LogP contribution in [0.5, 0.6) is 0 Å². The molecular formula is C23H19ClN4O2S2. The number of halogens is 1. The molecule has 1 amide bonds. The van der Waals surface area contributed by atoms with Gasteiger partial charge in [0.05, 0.1) is 17.3 Å². The van der Waals surface area contributed by atoms with Crippen molar-refractivity contribution in [1.29, 1.82) is 0 Å². The van der Waals surface area contributed by atoms with Crippen LogP contribution in [0.2, 0.25) is 5.02 Å². The summed E-state index contributed by atoms with van der Waals surface area (Å²) in [5.41, 5.74) is 7.16. The molecule has 3 N–H and O–H groups in total. The Morgan fingerprint density at radius 1 is 1.06 bits per heavy atom. The van der Waals surface area contributed by atoms with Crippen LogP contribution in [0.15, 0.2) is 82.3 Å². The number of amides is 1. The Morgan fingerprint density at radius 2 is 1.88 bits per heavy atom. The summed E-state index contributed by atoms with van der Waals surface area (Å²) in [6.07, 6.45) is 1.57. The van der Waals surface area contributed by atoms with E-state index in [1.165, 1.54) is 0 Å². The first-order valence-electron chi connectivity index (χ1n) is 9.76. The first-order chi connectivity index (χ1) is 15.6. The Labute approximate surface area is 199 Å². The minimum absolute atomic E-state index is 0.323. The number of benzene rings is 2. The first kappa shape index (κ1) is 22.1. The number of nitrogens with one attached hydrogen (secondary N) is 3. The highest BCUT2D eigenvalue weighted by Gasteiger charge is 2.15. The number of nitrogens with zero attached hydrogens (tertiary/aromatic N) is 1. The number of pyridine rings is 1. The largest absolute Gasteiger partial charge is 0.463 e. The van der Waals surface area contributed by atoms with Crippen molar-refractivity contribution in [3.05, 3.63) is 83.6 Å². The first-order valence-corrected chi connectivity index (χ1v) is 11.5. The Balaban J connectivity index is 1.34. The normalized spacial score (nSPS) is 10.7. The average Bonchev–Trinajstić information content (AvgIpc) is 3.36. The van der Waals surface area contributed by atoms with Gasteiger partial charge in [-0.1, -0.05) is 29.8 Å². The maximum Gasteiger partial charge on any atom is 0.270 e. The summed E-state index contributed by atoms with van der Waals surface area (Å²) < 4.78 is 5.44. The SMILES string of the molecule is O=C(NNC(=S)NCCSc1ccc(Cl)cc1)c1cc(-c2ccco2)nc2ccccc12. The van der Waals surface area contributed by atoms with Crippen LogP contribution >= 0.6 is 35.6 Å². The zero-order valence-corrected chi connectivity index (χ0v) is 19.2. The molecule has 0 radical (unpaired) electrons. The molecule has 0 fully saturated rings. The summed E-state index contributed by atoms with van der Waals surface area (Å²) in [5, 5.41) is 4.86. The van der Waals surface area contributed by atoms with Gasteiger partial charge in [-0.15, -0.1) is 11.8 Å². The Morgan fingerprint density at radius 3 is 2.66 bits per heavy atom. The van der Waals surface area contributed by atoms with Crippen LogP contribution in [0, 0.1) is 0 Å². The third-order valence-corrected chi connectivity index (χ3v) is 6.01. The molecule has 0 aliphatic rings. The van der Waals surface area contributed by atoms with Crippen LogP contribution in [0.25, 0.3) is 22.4 Å². The van der Waals surface area contributed by atoms with Gasteiger partial charge in [0.25, 0.3) is 5.91 Å². The minimum atomic E-state index is -0.323. The molecule has 2 heterocycles. The predicted octanol–water partition coefficient (Wildman–Crippen LogP) is 5.05. The van der Waals surface area contributed by atoms with E-state index in [0.717, 1.165) is 16.0 Å². The van der Waals surface area contributed by atoms with E-state index >= 15 is 0 Å². The van der Waals surface area contributed by atoms with Crippen molar-refractivity contribution in [1.82, 2.24) is 21.2 Å². The average molecular weight is 483 g/mol. The van der Waals surface area contributed by atoms with Crippen LogP contribution in [0.1, 0.15) is 10.4 Å². The number of thiocarbonyl (C=S) groups is 1. The van der Waals surface area contributed by atoms with Crippen molar-refractivity contribution in [2.24, 2.45) is 0 Å². The van der Waals surface area contributed by atoms with Gasteiger partial charge in [0, 0.05) is 27.6 Å². The van der Waals surface area contributed by atoms with Gasteiger partial charge in [0.2, 0.25) is 0 Å². The van der Waals surface area contributed by atoms with Crippen molar-refractivity contribution in [2.45, 2.75) is 4.90 Å².